The van der Waals surface area contributed by atoms with Crippen molar-refractivity contribution in [2.45, 2.75) is 24.6 Å². The second kappa shape index (κ2) is 11.0. The van der Waals surface area contributed by atoms with Gasteiger partial charge in [-0.3, -0.25) is 29.4 Å². The minimum atomic E-state index is -1.73. The zero-order chi connectivity index (χ0) is 27.4. The summed E-state index contributed by atoms with van der Waals surface area (Å²) in [5.74, 6) is -2.46. The van der Waals surface area contributed by atoms with Crippen LogP contribution in [0.15, 0.2) is 65.9 Å². The lowest BCUT2D eigenvalue weighted by atomic mass is 9.97. The van der Waals surface area contributed by atoms with Gasteiger partial charge in [0, 0.05) is 43.1 Å². The van der Waals surface area contributed by atoms with E-state index in [0.717, 1.165) is 0 Å². The summed E-state index contributed by atoms with van der Waals surface area (Å²) in [5.41, 5.74) is -0.785. The number of hydrogen-bond acceptors (Lipinski definition) is 10. The van der Waals surface area contributed by atoms with Crippen LogP contribution in [0.5, 0.6) is 0 Å². The van der Waals surface area contributed by atoms with E-state index in [-0.39, 0.29) is 30.4 Å². The smallest absolute Gasteiger partial charge is 0.355 e. The average molecular weight is 542 g/mol. The number of carbonyl (C=O) groups is 4. The third-order valence-corrected chi connectivity index (χ3v) is 7.30. The number of hydrogen-bond donors (Lipinski definition) is 1. The zero-order valence-electron chi connectivity index (χ0n) is 20.4. The number of nitro groups is 1. The Hall–Kier alpha value is -4.23. The summed E-state index contributed by atoms with van der Waals surface area (Å²) in [6, 6.07) is 13.7. The molecule has 2 amide bonds. The molecule has 2 atom stereocenters. The third-order valence-electron chi connectivity index (χ3n) is 5.93. The molecular formula is C25H23N3O9S. The lowest BCUT2D eigenvalue weighted by Crippen LogP contribution is -2.80. The van der Waals surface area contributed by atoms with E-state index in [1.54, 1.807) is 30.3 Å². The van der Waals surface area contributed by atoms with Crippen LogP contribution in [0.3, 0.4) is 0 Å². The van der Waals surface area contributed by atoms with Crippen LogP contribution in [0.1, 0.15) is 22.8 Å². The predicted molar refractivity (Wildman–Crippen MR) is 133 cm³/mol. The predicted octanol–water partition coefficient (Wildman–Crippen LogP) is 2.14. The van der Waals surface area contributed by atoms with Crippen LogP contribution in [0.25, 0.3) is 0 Å². The maximum absolute atomic E-state index is 13.4. The van der Waals surface area contributed by atoms with Gasteiger partial charge in [0.15, 0.2) is 0 Å². The molecule has 1 fully saturated rings. The Morgan fingerprint density at radius 3 is 2.39 bits per heavy atom. The van der Waals surface area contributed by atoms with Crippen molar-refractivity contribution >= 4 is 41.2 Å². The molecule has 38 heavy (non-hydrogen) atoms. The van der Waals surface area contributed by atoms with Crippen LogP contribution in [0, 0.1) is 10.1 Å². The topological polar surface area (TPSA) is 154 Å². The number of rotatable bonds is 9. The highest BCUT2D eigenvalue weighted by molar-refractivity contribution is 8.00. The molecule has 2 heterocycles. The van der Waals surface area contributed by atoms with Gasteiger partial charge in [-0.15, -0.1) is 11.8 Å². The fraction of sp³-hybridized carbons (Fsp3) is 0.280. The van der Waals surface area contributed by atoms with Crippen LogP contribution in [0.2, 0.25) is 0 Å². The Morgan fingerprint density at radius 2 is 1.79 bits per heavy atom. The third kappa shape index (κ3) is 5.10. The van der Waals surface area contributed by atoms with Gasteiger partial charge in [-0.25, -0.2) is 4.79 Å². The Bertz CT molecular complexity index is 1310. The van der Waals surface area contributed by atoms with E-state index < -0.39 is 39.8 Å². The first-order valence-electron chi connectivity index (χ1n) is 11.3. The van der Waals surface area contributed by atoms with E-state index in [2.05, 4.69) is 5.32 Å². The van der Waals surface area contributed by atoms with Gasteiger partial charge < -0.3 is 19.5 Å². The molecule has 2 aliphatic rings. The van der Waals surface area contributed by atoms with Crippen LogP contribution in [-0.4, -0.2) is 64.1 Å². The highest BCUT2D eigenvalue weighted by atomic mass is 32.2. The lowest BCUT2D eigenvalue weighted by Gasteiger charge is -2.55. The number of non-ortho nitro benzene ring substituents is 1. The molecular weight excluding hydrogens is 518 g/mol. The molecule has 2 aromatic rings. The quantitative estimate of drug-likeness (QED) is 0.164. The van der Waals surface area contributed by atoms with E-state index in [0.29, 0.717) is 16.7 Å². The molecule has 198 valence electrons. The Morgan fingerprint density at radius 1 is 1.11 bits per heavy atom. The van der Waals surface area contributed by atoms with Crippen LogP contribution in [0.4, 0.5) is 5.69 Å². The summed E-state index contributed by atoms with van der Waals surface area (Å²) in [6.45, 7) is 0.758. The SMILES string of the molecule is COC1(NC(=O)c2ccccc2)C(=O)N2C(C(=O)OCc3ccc([N+](=O)[O-])cc3)=C(COC(C)=O)CS[C@H]21. The van der Waals surface area contributed by atoms with Gasteiger partial charge in [0.1, 0.15) is 24.3 Å². The molecule has 0 aromatic heterocycles. The van der Waals surface area contributed by atoms with Crippen LogP contribution in [-0.2, 0) is 35.2 Å². The number of nitrogens with zero attached hydrogens (tertiary/aromatic N) is 2. The van der Waals surface area contributed by atoms with Crippen molar-refractivity contribution in [2.24, 2.45) is 0 Å². The fourth-order valence-corrected chi connectivity index (χ4v) is 5.41. The molecule has 2 aliphatic heterocycles. The normalized spacial score (nSPS) is 20.2. The number of benzene rings is 2. The molecule has 2 aromatic carbocycles. The van der Waals surface area contributed by atoms with Gasteiger partial charge in [0.05, 0.1) is 4.92 Å². The number of nitro benzene ring substituents is 1. The van der Waals surface area contributed by atoms with Crippen molar-refractivity contribution in [3.8, 4) is 0 Å². The van der Waals surface area contributed by atoms with Crippen molar-refractivity contribution in [3.05, 3.63) is 87.1 Å². The van der Waals surface area contributed by atoms with E-state index in [1.807, 2.05) is 0 Å². The second-order valence-corrected chi connectivity index (χ2v) is 9.40. The minimum Gasteiger partial charge on any atom is -0.461 e. The molecule has 13 heteroatoms. The summed E-state index contributed by atoms with van der Waals surface area (Å²) in [6.07, 6.45) is 0. The summed E-state index contributed by atoms with van der Waals surface area (Å²) in [7, 11) is 1.28. The minimum absolute atomic E-state index is 0.108. The summed E-state index contributed by atoms with van der Waals surface area (Å²) < 4.78 is 16.0. The van der Waals surface area contributed by atoms with Gasteiger partial charge in [0.25, 0.3) is 23.2 Å². The number of ether oxygens (including phenoxy) is 3. The molecule has 0 saturated carbocycles. The number of β-lactam (4-membered cyclic amide) rings is 1. The molecule has 0 aliphatic carbocycles. The van der Waals surface area contributed by atoms with Crippen molar-refractivity contribution in [2.75, 3.05) is 19.5 Å². The molecule has 0 spiro atoms. The summed E-state index contributed by atoms with van der Waals surface area (Å²) in [5, 5.41) is 12.7. The molecule has 1 N–H and O–H groups in total. The van der Waals surface area contributed by atoms with Gasteiger partial charge in [-0.1, -0.05) is 18.2 Å². The fourth-order valence-electron chi connectivity index (χ4n) is 3.99. The van der Waals surface area contributed by atoms with E-state index >= 15 is 0 Å². The monoisotopic (exact) mass is 541 g/mol. The average Bonchev–Trinajstić information content (AvgIpc) is 2.93. The van der Waals surface area contributed by atoms with Crippen molar-refractivity contribution in [3.63, 3.8) is 0 Å². The van der Waals surface area contributed by atoms with Gasteiger partial charge >= 0.3 is 11.9 Å². The molecule has 12 nitrogen and oxygen atoms in total. The molecule has 1 unspecified atom stereocenters. The summed E-state index contributed by atoms with van der Waals surface area (Å²) in [4.78, 5) is 62.4. The molecule has 0 bridgehead atoms. The molecule has 4 rings (SSSR count). The number of thioether (sulfide) groups is 1. The highest BCUT2D eigenvalue weighted by Gasteiger charge is 2.66. The van der Waals surface area contributed by atoms with Crippen LogP contribution < -0.4 is 5.32 Å². The number of fused-ring (bicyclic) bond motifs is 1. The highest BCUT2D eigenvalue weighted by Crippen LogP contribution is 2.47. The number of methoxy groups -OCH3 is 1. The first-order valence-corrected chi connectivity index (χ1v) is 12.4. The summed E-state index contributed by atoms with van der Waals surface area (Å²) >= 11 is 1.23. The van der Waals surface area contributed by atoms with Gasteiger partial charge in [-0.05, 0) is 29.8 Å². The maximum atomic E-state index is 13.4. The van der Waals surface area contributed by atoms with E-state index in [4.69, 9.17) is 14.2 Å². The largest absolute Gasteiger partial charge is 0.461 e. The molecule has 0 radical (unpaired) electrons. The zero-order valence-corrected chi connectivity index (χ0v) is 21.2. The van der Waals surface area contributed by atoms with Crippen molar-refractivity contribution in [1.82, 2.24) is 10.2 Å². The Balaban J connectivity index is 1.57. The van der Waals surface area contributed by atoms with Crippen LogP contribution >= 0.6 is 11.8 Å². The van der Waals surface area contributed by atoms with Crippen molar-refractivity contribution in [1.29, 1.82) is 0 Å². The standard InChI is InChI=1S/C25H23N3O9S/c1-15(29)36-13-18-14-38-24-25(35-2,26-21(30)17-6-4-3-5-7-17)23(32)27(24)20(18)22(31)37-12-16-8-10-19(11-9-16)28(33)34/h3-11,24H,12-14H2,1-2H3,(H,26,30)/t24-,25?/m0/s1. The van der Waals surface area contributed by atoms with Crippen molar-refractivity contribution < 1.29 is 38.3 Å². The number of nitrogens with one attached hydrogen (secondary N) is 1. The van der Waals surface area contributed by atoms with Gasteiger partial charge in [0.2, 0.25) is 0 Å². The van der Waals surface area contributed by atoms with Gasteiger partial charge in [-0.2, -0.15) is 0 Å². The first-order chi connectivity index (χ1) is 18.2. The maximum Gasteiger partial charge on any atom is 0.355 e. The number of esters is 2. The first kappa shape index (κ1) is 26.8. The number of amides is 2. The number of carbonyl (C=O) groups excluding carboxylic acids is 4. The second-order valence-electron chi connectivity index (χ2n) is 8.33. The lowest BCUT2D eigenvalue weighted by molar-refractivity contribution is -0.384. The Kier molecular flexibility index (Phi) is 7.78. The Labute approximate surface area is 221 Å². The van der Waals surface area contributed by atoms with E-state index in [1.165, 1.54) is 55.0 Å². The molecule has 1 saturated heterocycles. The van der Waals surface area contributed by atoms with E-state index in [9.17, 15) is 29.3 Å².